The van der Waals surface area contributed by atoms with Crippen LogP contribution in [0, 0.1) is 13.8 Å². The molecule has 1 aromatic rings. The summed E-state index contributed by atoms with van der Waals surface area (Å²) in [4.78, 5) is 11.5. The fourth-order valence-electron chi connectivity index (χ4n) is 1.42. The zero-order chi connectivity index (χ0) is 12.8. The molecule has 6 nitrogen and oxygen atoms in total. The minimum absolute atomic E-state index is 0.0941. The van der Waals surface area contributed by atoms with Gasteiger partial charge in [0.05, 0.1) is 23.7 Å². The first-order valence-corrected chi connectivity index (χ1v) is 5.50. The Bertz CT molecular complexity index is 388. The van der Waals surface area contributed by atoms with E-state index in [-0.39, 0.29) is 12.5 Å². The maximum atomic E-state index is 11.5. The molecule has 0 spiro atoms. The van der Waals surface area contributed by atoms with Crippen molar-refractivity contribution in [3.8, 4) is 0 Å². The lowest BCUT2D eigenvalue weighted by Crippen LogP contribution is -2.16. The highest BCUT2D eigenvalue weighted by Crippen LogP contribution is 2.14. The second kappa shape index (κ2) is 6.24. The van der Waals surface area contributed by atoms with E-state index in [9.17, 15) is 4.79 Å². The van der Waals surface area contributed by atoms with Crippen molar-refractivity contribution in [1.29, 1.82) is 0 Å². The normalized spacial score (nSPS) is 10.5. The number of nitrogens with zero attached hydrogens (tertiary/aromatic N) is 2. The summed E-state index contributed by atoms with van der Waals surface area (Å²) in [6.45, 7) is 4.68. The molecule has 0 radical (unpaired) electrons. The highest BCUT2D eigenvalue weighted by molar-refractivity contribution is 5.69. The molecule has 0 saturated heterocycles. The third-order valence-electron chi connectivity index (χ3n) is 2.47. The number of aromatic nitrogens is 2. The van der Waals surface area contributed by atoms with E-state index in [1.165, 1.54) is 0 Å². The number of nitrogens with two attached hydrogens (primary N) is 1. The zero-order valence-corrected chi connectivity index (χ0v) is 10.5. The number of ether oxygens (including phenoxy) is 2. The van der Waals surface area contributed by atoms with Gasteiger partial charge in [-0.05, 0) is 13.8 Å². The quantitative estimate of drug-likeness (QED) is 0.584. The Hall–Kier alpha value is -1.56. The van der Waals surface area contributed by atoms with Gasteiger partial charge in [0.1, 0.15) is 6.54 Å². The van der Waals surface area contributed by atoms with Gasteiger partial charge < -0.3 is 15.2 Å². The average molecular weight is 241 g/mol. The Morgan fingerprint density at radius 3 is 2.65 bits per heavy atom. The van der Waals surface area contributed by atoms with Crippen molar-refractivity contribution in [2.75, 3.05) is 26.1 Å². The predicted octanol–water partition coefficient (Wildman–Crippen LogP) is 0.662. The van der Waals surface area contributed by atoms with Crippen LogP contribution in [-0.4, -0.2) is 36.1 Å². The number of methoxy groups -OCH3 is 1. The Kier molecular flexibility index (Phi) is 4.96. The van der Waals surface area contributed by atoms with Crippen LogP contribution in [0.25, 0.3) is 0 Å². The van der Waals surface area contributed by atoms with Gasteiger partial charge in [0, 0.05) is 20.1 Å². The van der Waals surface area contributed by atoms with Gasteiger partial charge in [0.25, 0.3) is 0 Å². The third-order valence-corrected chi connectivity index (χ3v) is 2.47. The highest BCUT2D eigenvalue weighted by Gasteiger charge is 2.11. The lowest BCUT2D eigenvalue weighted by atomic mass is 10.3. The maximum absolute atomic E-state index is 11.5. The molecular weight excluding hydrogens is 222 g/mol. The van der Waals surface area contributed by atoms with Gasteiger partial charge >= 0.3 is 5.97 Å². The number of hydrogen-bond donors (Lipinski definition) is 1. The van der Waals surface area contributed by atoms with Gasteiger partial charge in [-0.25, -0.2) is 0 Å². The first-order valence-electron chi connectivity index (χ1n) is 5.50. The minimum atomic E-state index is -0.313. The van der Waals surface area contributed by atoms with Crippen LogP contribution in [0.15, 0.2) is 0 Å². The van der Waals surface area contributed by atoms with Crippen molar-refractivity contribution in [2.24, 2.45) is 0 Å². The van der Waals surface area contributed by atoms with Crippen LogP contribution in [0.3, 0.4) is 0 Å². The van der Waals surface area contributed by atoms with Crippen LogP contribution in [0.2, 0.25) is 0 Å². The summed E-state index contributed by atoms with van der Waals surface area (Å²) in [5, 5.41) is 4.16. The number of hydrogen-bond acceptors (Lipinski definition) is 5. The molecule has 0 aliphatic heterocycles. The lowest BCUT2D eigenvalue weighted by Gasteiger charge is -2.06. The van der Waals surface area contributed by atoms with E-state index >= 15 is 0 Å². The smallest absolute Gasteiger partial charge is 0.327 e. The summed E-state index contributed by atoms with van der Waals surface area (Å²) >= 11 is 0. The third kappa shape index (κ3) is 3.74. The van der Waals surface area contributed by atoms with Gasteiger partial charge in [-0.1, -0.05) is 0 Å². The van der Waals surface area contributed by atoms with Crippen molar-refractivity contribution >= 4 is 11.7 Å². The first kappa shape index (κ1) is 13.5. The molecule has 0 aliphatic carbocycles. The van der Waals surface area contributed by atoms with Gasteiger partial charge in [0.15, 0.2) is 0 Å². The van der Waals surface area contributed by atoms with Crippen LogP contribution in [0.5, 0.6) is 0 Å². The molecule has 0 amide bonds. The molecule has 1 heterocycles. The van der Waals surface area contributed by atoms with E-state index < -0.39 is 0 Å². The zero-order valence-electron chi connectivity index (χ0n) is 10.5. The van der Waals surface area contributed by atoms with Crippen LogP contribution in [0.4, 0.5) is 5.69 Å². The van der Waals surface area contributed by atoms with Crippen LogP contribution < -0.4 is 5.73 Å². The molecule has 0 atom stereocenters. The van der Waals surface area contributed by atoms with Crippen molar-refractivity contribution in [2.45, 2.75) is 26.8 Å². The molecule has 1 rings (SSSR count). The summed E-state index contributed by atoms with van der Waals surface area (Å²) in [6.07, 6.45) is 0.696. The van der Waals surface area contributed by atoms with Crippen LogP contribution in [-0.2, 0) is 20.8 Å². The number of rotatable bonds is 6. The van der Waals surface area contributed by atoms with E-state index in [0.29, 0.717) is 25.3 Å². The SMILES string of the molecule is COCCCOC(=O)Cn1nc(C)c(N)c1C. The van der Waals surface area contributed by atoms with E-state index in [4.69, 9.17) is 15.2 Å². The second-order valence-corrected chi connectivity index (χ2v) is 3.81. The Morgan fingerprint density at radius 1 is 1.41 bits per heavy atom. The average Bonchev–Trinajstić information content (AvgIpc) is 2.53. The predicted molar refractivity (Wildman–Crippen MR) is 63.6 cm³/mol. The number of nitrogen functional groups attached to an aromatic ring is 1. The maximum Gasteiger partial charge on any atom is 0.327 e. The van der Waals surface area contributed by atoms with Gasteiger partial charge in [0.2, 0.25) is 0 Å². The fraction of sp³-hybridized carbons (Fsp3) is 0.636. The minimum Gasteiger partial charge on any atom is -0.464 e. The van der Waals surface area contributed by atoms with E-state index in [1.54, 1.807) is 11.8 Å². The molecule has 17 heavy (non-hydrogen) atoms. The summed E-state index contributed by atoms with van der Waals surface area (Å²) in [5.41, 5.74) is 7.91. The monoisotopic (exact) mass is 241 g/mol. The Morgan fingerprint density at radius 2 is 2.12 bits per heavy atom. The van der Waals surface area contributed by atoms with E-state index in [0.717, 1.165) is 11.4 Å². The molecule has 0 bridgehead atoms. The van der Waals surface area contributed by atoms with Crippen molar-refractivity contribution in [3.63, 3.8) is 0 Å². The molecule has 0 fully saturated rings. The molecule has 96 valence electrons. The second-order valence-electron chi connectivity index (χ2n) is 3.81. The van der Waals surface area contributed by atoms with Crippen molar-refractivity contribution in [3.05, 3.63) is 11.4 Å². The largest absolute Gasteiger partial charge is 0.464 e. The number of carbonyl (C=O) groups excluding carboxylic acids is 1. The number of aryl methyl sites for hydroxylation is 1. The van der Waals surface area contributed by atoms with Gasteiger partial charge in [-0.15, -0.1) is 0 Å². The van der Waals surface area contributed by atoms with Gasteiger partial charge in [-0.3, -0.25) is 9.48 Å². The molecule has 0 unspecified atom stereocenters. The fourth-order valence-corrected chi connectivity index (χ4v) is 1.42. The summed E-state index contributed by atoms with van der Waals surface area (Å²) < 4.78 is 11.4. The summed E-state index contributed by atoms with van der Waals surface area (Å²) in [7, 11) is 1.61. The Labute approximate surface area is 101 Å². The summed E-state index contributed by atoms with van der Waals surface area (Å²) in [6, 6.07) is 0. The number of carbonyl (C=O) groups is 1. The molecule has 0 aliphatic rings. The topological polar surface area (TPSA) is 79.4 Å². The number of anilines is 1. The molecule has 2 N–H and O–H groups in total. The van der Waals surface area contributed by atoms with Crippen LogP contribution >= 0.6 is 0 Å². The summed E-state index contributed by atoms with van der Waals surface area (Å²) in [5.74, 6) is -0.313. The Balaban J connectivity index is 2.42. The number of esters is 1. The first-order chi connectivity index (χ1) is 8.06. The highest BCUT2D eigenvalue weighted by atomic mass is 16.5. The lowest BCUT2D eigenvalue weighted by molar-refractivity contribution is -0.144. The van der Waals surface area contributed by atoms with E-state index in [1.807, 2.05) is 13.8 Å². The molecule has 6 heteroatoms. The van der Waals surface area contributed by atoms with Crippen molar-refractivity contribution in [1.82, 2.24) is 9.78 Å². The molecule has 0 aromatic carbocycles. The van der Waals surface area contributed by atoms with Gasteiger partial charge in [-0.2, -0.15) is 5.10 Å². The molecule has 0 saturated carbocycles. The van der Waals surface area contributed by atoms with Crippen molar-refractivity contribution < 1.29 is 14.3 Å². The standard InChI is InChI=1S/C11H19N3O3/c1-8-11(12)9(2)14(13-8)7-10(15)17-6-4-5-16-3/h4-7,12H2,1-3H3. The molecular formula is C11H19N3O3. The van der Waals surface area contributed by atoms with Crippen LogP contribution in [0.1, 0.15) is 17.8 Å². The molecule has 1 aromatic heterocycles. The van der Waals surface area contributed by atoms with E-state index in [2.05, 4.69) is 5.10 Å².